The van der Waals surface area contributed by atoms with Crippen molar-refractivity contribution < 1.29 is 14.4 Å². The summed E-state index contributed by atoms with van der Waals surface area (Å²) < 4.78 is 0. The molecule has 2 aromatic rings. The second-order valence-corrected chi connectivity index (χ2v) is 7.53. The number of anilines is 2. The molecule has 0 fully saturated rings. The molecule has 1 N–H and O–H groups in total. The molecule has 5 nitrogen and oxygen atoms in total. The average molecular weight is 401 g/mol. The number of amides is 3. The minimum absolute atomic E-state index is 0.176. The van der Waals surface area contributed by atoms with Crippen LogP contribution in [0.5, 0.6) is 0 Å². The molecular weight excluding hydrogens is 384 g/mol. The lowest BCUT2D eigenvalue weighted by atomic mass is 10.1. The molecule has 0 aromatic heterocycles. The fourth-order valence-corrected chi connectivity index (χ4v) is 3.77. The summed E-state index contributed by atoms with van der Waals surface area (Å²) in [6, 6.07) is 13.5. The second kappa shape index (κ2) is 7.98. The third-order valence-electron chi connectivity index (χ3n) is 3.91. The van der Waals surface area contributed by atoms with Gasteiger partial charge in [0.1, 0.15) is 0 Å². The van der Waals surface area contributed by atoms with Crippen molar-refractivity contribution >= 4 is 58.0 Å². The molecule has 1 aliphatic rings. The SMILES string of the molecule is CCSC1=C(c2ccc(NC(C)=O)cc2)C(=O)N(c2ccc(Cl)cc2)C1=O. The monoisotopic (exact) mass is 400 g/mol. The minimum Gasteiger partial charge on any atom is -0.326 e. The van der Waals surface area contributed by atoms with E-state index in [1.54, 1.807) is 48.5 Å². The zero-order valence-electron chi connectivity index (χ0n) is 14.8. The second-order valence-electron chi connectivity index (χ2n) is 5.82. The Balaban J connectivity index is 2.00. The van der Waals surface area contributed by atoms with E-state index >= 15 is 0 Å². The van der Waals surface area contributed by atoms with Gasteiger partial charge >= 0.3 is 0 Å². The Morgan fingerprint density at radius 1 is 1.04 bits per heavy atom. The van der Waals surface area contributed by atoms with Crippen LogP contribution < -0.4 is 10.2 Å². The number of nitrogens with one attached hydrogen (secondary N) is 1. The van der Waals surface area contributed by atoms with Crippen molar-refractivity contribution in [1.29, 1.82) is 0 Å². The van der Waals surface area contributed by atoms with E-state index < -0.39 is 0 Å². The number of rotatable bonds is 5. The van der Waals surface area contributed by atoms with Crippen molar-refractivity contribution in [2.45, 2.75) is 13.8 Å². The maximum atomic E-state index is 13.1. The van der Waals surface area contributed by atoms with Gasteiger partial charge < -0.3 is 5.32 Å². The van der Waals surface area contributed by atoms with Gasteiger partial charge in [-0.3, -0.25) is 14.4 Å². The van der Waals surface area contributed by atoms with E-state index in [0.717, 1.165) is 0 Å². The molecule has 7 heteroatoms. The van der Waals surface area contributed by atoms with Gasteiger partial charge in [-0.2, -0.15) is 0 Å². The van der Waals surface area contributed by atoms with Gasteiger partial charge in [0, 0.05) is 17.6 Å². The number of hydrogen-bond donors (Lipinski definition) is 1. The maximum absolute atomic E-state index is 13.1. The van der Waals surface area contributed by atoms with E-state index in [9.17, 15) is 14.4 Å². The number of benzene rings is 2. The maximum Gasteiger partial charge on any atom is 0.272 e. The van der Waals surface area contributed by atoms with Crippen LogP contribution in [0.15, 0.2) is 53.4 Å². The molecule has 0 spiro atoms. The summed E-state index contributed by atoms with van der Waals surface area (Å²) in [6.45, 7) is 3.35. The third kappa shape index (κ3) is 3.91. The molecule has 138 valence electrons. The molecule has 0 saturated heterocycles. The Bertz CT molecular complexity index is 937. The van der Waals surface area contributed by atoms with Crippen LogP contribution in [-0.4, -0.2) is 23.5 Å². The Morgan fingerprint density at radius 3 is 2.22 bits per heavy atom. The lowest BCUT2D eigenvalue weighted by Gasteiger charge is -2.15. The van der Waals surface area contributed by atoms with Crippen LogP contribution in [0.2, 0.25) is 5.02 Å². The first-order valence-electron chi connectivity index (χ1n) is 8.31. The highest BCUT2D eigenvalue weighted by molar-refractivity contribution is 8.04. The quantitative estimate of drug-likeness (QED) is 0.758. The zero-order chi connectivity index (χ0) is 19.6. The number of carbonyl (C=O) groups excluding carboxylic acids is 3. The normalized spacial score (nSPS) is 14.1. The highest BCUT2D eigenvalue weighted by atomic mass is 35.5. The standard InChI is InChI=1S/C20H17ClN2O3S/c1-3-27-18-17(13-4-8-15(9-5-13)22-12(2)24)19(25)23(20(18)26)16-10-6-14(21)7-11-16/h4-11H,3H2,1-2H3,(H,22,24). The van der Waals surface area contributed by atoms with Crippen LogP contribution in [0.3, 0.4) is 0 Å². The predicted octanol–water partition coefficient (Wildman–Crippen LogP) is 4.34. The third-order valence-corrected chi connectivity index (χ3v) is 5.12. The van der Waals surface area contributed by atoms with Gasteiger partial charge in [0.05, 0.1) is 16.2 Å². The van der Waals surface area contributed by atoms with Crippen molar-refractivity contribution in [2.24, 2.45) is 0 Å². The molecule has 0 saturated carbocycles. The van der Waals surface area contributed by atoms with Crippen LogP contribution in [-0.2, 0) is 14.4 Å². The molecule has 1 aliphatic heterocycles. The highest BCUT2D eigenvalue weighted by Gasteiger charge is 2.39. The van der Waals surface area contributed by atoms with Crippen molar-refractivity contribution in [3.63, 3.8) is 0 Å². The topological polar surface area (TPSA) is 66.5 Å². The van der Waals surface area contributed by atoms with Gasteiger partial charge in [-0.15, -0.1) is 11.8 Å². The molecule has 0 unspecified atom stereocenters. The van der Waals surface area contributed by atoms with Gasteiger partial charge in [0.25, 0.3) is 11.8 Å². The molecule has 0 bridgehead atoms. The number of thioether (sulfide) groups is 1. The largest absolute Gasteiger partial charge is 0.326 e. The Kier molecular flexibility index (Phi) is 5.68. The first kappa shape index (κ1) is 19.2. The van der Waals surface area contributed by atoms with Crippen molar-refractivity contribution in [1.82, 2.24) is 0 Å². The first-order chi connectivity index (χ1) is 12.9. The molecule has 0 radical (unpaired) electrons. The summed E-state index contributed by atoms with van der Waals surface area (Å²) in [7, 11) is 0. The van der Waals surface area contributed by atoms with E-state index in [0.29, 0.717) is 38.2 Å². The van der Waals surface area contributed by atoms with E-state index in [-0.39, 0.29) is 17.7 Å². The van der Waals surface area contributed by atoms with Crippen LogP contribution in [0.25, 0.3) is 5.57 Å². The molecule has 3 amide bonds. The summed E-state index contributed by atoms with van der Waals surface area (Å²) in [5, 5.41) is 3.21. The summed E-state index contributed by atoms with van der Waals surface area (Å²) in [5.74, 6) is -0.220. The van der Waals surface area contributed by atoms with Crippen LogP contribution in [0.4, 0.5) is 11.4 Å². The number of carbonyl (C=O) groups is 3. The van der Waals surface area contributed by atoms with Crippen LogP contribution in [0.1, 0.15) is 19.4 Å². The van der Waals surface area contributed by atoms with E-state index in [4.69, 9.17) is 11.6 Å². The lowest BCUT2D eigenvalue weighted by molar-refractivity contribution is -0.120. The van der Waals surface area contributed by atoms with E-state index in [2.05, 4.69) is 5.32 Å². The predicted molar refractivity (Wildman–Crippen MR) is 110 cm³/mol. The Morgan fingerprint density at radius 2 is 1.67 bits per heavy atom. The lowest BCUT2D eigenvalue weighted by Crippen LogP contribution is -2.31. The van der Waals surface area contributed by atoms with Crippen molar-refractivity contribution in [2.75, 3.05) is 16.0 Å². The minimum atomic E-state index is -0.370. The first-order valence-corrected chi connectivity index (χ1v) is 9.68. The fraction of sp³-hybridized carbons (Fsp3) is 0.150. The Hall–Kier alpha value is -2.57. The van der Waals surface area contributed by atoms with E-state index in [1.807, 2.05) is 6.92 Å². The summed E-state index contributed by atoms with van der Waals surface area (Å²) >= 11 is 7.25. The van der Waals surface area contributed by atoms with Crippen molar-refractivity contribution in [3.8, 4) is 0 Å². The number of hydrogen-bond acceptors (Lipinski definition) is 4. The average Bonchev–Trinajstić information content (AvgIpc) is 2.87. The molecule has 0 aliphatic carbocycles. The molecule has 0 atom stereocenters. The van der Waals surface area contributed by atoms with Gasteiger partial charge in [-0.1, -0.05) is 30.7 Å². The number of halogens is 1. The smallest absolute Gasteiger partial charge is 0.272 e. The summed E-state index contributed by atoms with van der Waals surface area (Å²) in [6.07, 6.45) is 0. The van der Waals surface area contributed by atoms with E-state index in [1.165, 1.54) is 23.6 Å². The van der Waals surface area contributed by atoms with Gasteiger partial charge in [0.15, 0.2) is 0 Å². The highest BCUT2D eigenvalue weighted by Crippen LogP contribution is 2.38. The molecule has 1 heterocycles. The van der Waals surface area contributed by atoms with Gasteiger partial charge in [-0.25, -0.2) is 4.90 Å². The van der Waals surface area contributed by atoms with Gasteiger partial charge in [0.2, 0.25) is 5.91 Å². The molecular formula is C20H17ClN2O3S. The van der Waals surface area contributed by atoms with Crippen molar-refractivity contribution in [3.05, 3.63) is 64.0 Å². The zero-order valence-corrected chi connectivity index (χ0v) is 16.4. The Labute approximate surface area is 166 Å². The summed E-state index contributed by atoms with van der Waals surface area (Å²) in [4.78, 5) is 38.8. The number of imide groups is 1. The molecule has 27 heavy (non-hydrogen) atoms. The number of nitrogens with zero attached hydrogens (tertiary/aromatic N) is 1. The van der Waals surface area contributed by atoms with Crippen LogP contribution >= 0.6 is 23.4 Å². The van der Waals surface area contributed by atoms with Gasteiger partial charge in [-0.05, 0) is 47.7 Å². The van der Waals surface area contributed by atoms with Crippen LogP contribution in [0, 0.1) is 0 Å². The molecule has 3 rings (SSSR count). The summed E-state index contributed by atoms with van der Waals surface area (Å²) in [5.41, 5.74) is 2.11. The fourth-order valence-electron chi connectivity index (χ4n) is 2.79. The molecule has 2 aromatic carbocycles.